The summed E-state index contributed by atoms with van der Waals surface area (Å²) >= 11 is 2.64. The average molecular weight is 476 g/mol. The molecule has 3 rings (SSSR count). The van der Waals surface area contributed by atoms with E-state index in [1.54, 1.807) is 24.7 Å². The minimum atomic E-state index is -0.493. The molecule has 11 heteroatoms. The Morgan fingerprint density at radius 1 is 1.22 bits per heavy atom. The molecule has 168 valence electrons. The number of esters is 1. The van der Waals surface area contributed by atoms with Crippen LogP contribution >= 0.6 is 23.1 Å². The first-order valence-electron chi connectivity index (χ1n) is 9.69. The Morgan fingerprint density at radius 3 is 2.62 bits per heavy atom. The highest BCUT2D eigenvalue weighted by atomic mass is 32.2. The van der Waals surface area contributed by atoms with Gasteiger partial charge in [-0.3, -0.25) is 19.7 Å². The summed E-state index contributed by atoms with van der Waals surface area (Å²) in [5, 5.41) is 11.1. The summed E-state index contributed by atoms with van der Waals surface area (Å²) in [6.07, 6.45) is 0.199. The van der Waals surface area contributed by atoms with Crippen molar-refractivity contribution in [1.29, 1.82) is 0 Å². The van der Waals surface area contributed by atoms with Gasteiger partial charge in [0.05, 0.1) is 28.9 Å². The molecule has 1 heterocycles. The number of aromatic nitrogens is 1. The van der Waals surface area contributed by atoms with Gasteiger partial charge in [-0.05, 0) is 37.3 Å². The van der Waals surface area contributed by atoms with Gasteiger partial charge in [-0.1, -0.05) is 11.3 Å². The fraction of sp³-hybridized carbons (Fsp3) is 0.286. The molecule has 3 aromatic rings. The summed E-state index contributed by atoms with van der Waals surface area (Å²) in [7, 11) is 1.60. The number of nitro benzene ring substituents is 1. The molecule has 2 aromatic carbocycles. The number of nitro groups is 1. The largest absolute Gasteiger partial charge is 0.497 e. The van der Waals surface area contributed by atoms with Crippen molar-refractivity contribution < 1.29 is 24.0 Å². The summed E-state index contributed by atoms with van der Waals surface area (Å²) in [6.45, 7) is 1.78. The molecule has 0 atom stereocenters. The van der Waals surface area contributed by atoms with Crippen LogP contribution in [-0.4, -0.2) is 40.8 Å². The molecule has 0 spiro atoms. The zero-order chi connectivity index (χ0) is 23.1. The van der Waals surface area contributed by atoms with Crippen LogP contribution in [0.15, 0.2) is 52.4 Å². The zero-order valence-electron chi connectivity index (χ0n) is 17.5. The zero-order valence-corrected chi connectivity index (χ0v) is 19.1. The minimum Gasteiger partial charge on any atom is -0.497 e. The van der Waals surface area contributed by atoms with E-state index in [1.165, 1.54) is 23.9 Å². The molecule has 0 aliphatic heterocycles. The number of fused-ring (bicyclic) bond motifs is 1. The first-order valence-corrected chi connectivity index (χ1v) is 11.5. The quantitative estimate of drug-likeness (QED) is 0.200. The third-order valence-corrected chi connectivity index (χ3v) is 6.39. The van der Waals surface area contributed by atoms with Gasteiger partial charge in [0.2, 0.25) is 5.91 Å². The molecule has 0 fully saturated rings. The molecule has 0 unspecified atom stereocenters. The highest BCUT2D eigenvalue weighted by Gasteiger charge is 2.15. The van der Waals surface area contributed by atoms with Gasteiger partial charge < -0.3 is 14.0 Å². The van der Waals surface area contributed by atoms with Crippen LogP contribution in [-0.2, 0) is 20.9 Å². The predicted molar refractivity (Wildman–Crippen MR) is 122 cm³/mol. The molecular weight excluding hydrogens is 454 g/mol. The smallest absolute Gasteiger partial charge is 0.326 e. The Bertz CT molecular complexity index is 1200. The van der Waals surface area contributed by atoms with E-state index >= 15 is 0 Å². The molecule has 0 aliphatic rings. The van der Waals surface area contributed by atoms with Gasteiger partial charge >= 0.3 is 5.97 Å². The van der Waals surface area contributed by atoms with E-state index in [0.29, 0.717) is 20.8 Å². The maximum absolute atomic E-state index is 12.5. The van der Waals surface area contributed by atoms with Crippen LogP contribution in [0.4, 0.5) is 5.69 Å². The van der Waals surface area contributed by atoms with Crippen LogP contribution in [0.2, 0.25) is 0 Å². The highest BCUT2D eigenvalue weighted by molar-refractivity contribution is 7.99. The number of nitrogens with zero attached hydrogens (tertiary/aromatic N) is 3. The van der Waals surface area contributed by atoms with E-state index in [9.17, 15) is 19.7 Å². The molecular formula is C21H21N3O6S2. The Labute approximate surface area is 191 Å². The molecule has 0 N–H and O–H groups in total. The summed E-state index contributed by atoms with van der Waals surface area (Å²) in [5.41, 5.74) is 0.503. The van der Waals surface area contributed by atoms with Crippen LogP contribution in [0.25, 0.3) is 10.2 Å². The van der Waals surface area contributed by atoms with Crippen LogP contribution < -0.4 is 9.54 Å². The lowest BCUT2D eigenvalue weighted by atomic mass is 10.3. The third kappa shape index (κ3) is 5.95. The van der Waals surface area contributed by atoms with Crippen molar-refractivity contribution in [2.45, 2.75) is 24.8 Å². The van der Waals surface area contributed by atoms with Crippen molar-refractivity contribution in [2.24, 2.45) is 4.99 Å². The molecule has 32 heavy (non-hydrogen) atoms. The fourth-order valence-corrected chi connectivity index (χ4v) is 4.76. The van der Waals surface area contributed by atoms with Crippen molar-refractivity contribution in [2.75, 3.05) is 19.5 Å². The topological polar surface area (TPSA) is 113 Å². The number of benzene rings is 2. The van der Waals surface area contributed by atoms with E-state index < -0.39 is 10.9 Å². The fourth-order valence-electron chi connectivity index (χ4n) is 2.84. The van der Waals surface area contributed by atoms with Crippen molar-refractivity contribution in [3.8, 4) is 5.75 Å². The first-order chi connectivity index (χ1) is 15.4. The molecule has 0 radical (unpaired) electrons. The van der Waals surface area contributed by atoms with Crippen molar-refractivity contribution in [3.05, 3.63) is 57.4 Å². The molecule has 1 amide bonds. The van der Waals surface area contributed by atoms with Crippen LogP contribution in [0.3, 0.4) is 0 Å². The second-order valence-corrected chi connectivity index (χ2v) is 8.64. The van der Waals surface area contributed by atoms with Crippen LogP contribution in [0.5, 0.6) is 5.75 Å². The molecule has 0 saturated heterocycles. The number of carbonyl (C=O) groups is 2. The standard InChI is InChI=1S/C21H21N3O6S2/c1-3-30-20(26)13-23-17-9-4-14(24(27)28)12-18(17)32-21(23)22-19(25)10-11-31-16-7-5-15(29-2)6-8-16/h4-9,12H,3,10-11,13H2,1-2H3. The predicted octanol–water partition coefficient (Wildman–Crippen LogP) is 3.79. The number of non-ortho nitro benzene ring substituents is 1. The van der Waals surface area contributed by atoms with E-state index in [2.05, 4.69) is 4.99 Å². The Balaban J connectivity index is 1.81. The van der Waals surface area contributed by atoms with Gasteiger partial charge in [0.15, 0.2) is 4.80 Å². The first kappa shape index (κ1) is 23.5. The Kier molecular flexibility index (Phi) is 8.01. The SMILES string of the molecule is CCOC(=O)Cn1c(=NC(=O)CCSc2ccc(OC)cc2)sc2cc([N+](=O)[O-])ccc21. The summed E-state index contributed by atoms with van der Waals surface area (Å²) in [6, 6.07) is 11.8. The number of carbonyl (C=O) groups excluding carboxylic acids is 2. The second kappa shape index (κ2) is 10.9. The maximum atomic E-state index is 12.5. The number of ether oxygens (including phenoxy) is 2. The highest BCUT2D eigenvalue weighted by Crippen LogP contribution is 2.24. The normalized spacial score (nSPS) is 11.5. The number of thioether (sulfide) groups is 1. The number of methoxy groups -OCH3 is 1. The van der Waals surface area contributed by atoms with E-state index in [-0.39, 0.29) is 31.2 Å². The maximum Gasteiger partial charge on any atom is 0.326 e. The summed E-state index contributed by atoms with van der Waals surface area (Å²) in [5.74, 6) is 0.471. The van der Waals surface area contributed by atoms with E-state index in [0.717, 1.165) is 22.0 Å². The van der Waals surface area contributed by atoms with Crippen molar-refractivity contribution >= 4 is 50.9 Å². The number of thiazole rings is 1. The minimum absolute atomic E-state index is 0.0733. The van der Waals surface area contributed by atoms with Crippen LogP contribution in [0.1, 0.15) is 13.3 Å². The second-order valence-electron chi connectivity index (χ2n) is 6.46. The van der Waals surface area contributed by atoms with Crippen molar-refractivity contribution in [1.82, 2.24) is 4.57 Å². The average Bonchev–Trinajstić information content (AvgIpc) is 3.10. The molecule has 0 aliphatic carbocycles. The lowest BCUT2D eigenvalue weighted by Gasteiger charge is -2.05. The third-order valence-electron chi connectivity index (χ3n) is 4.33. The monoisotopic (exact) mass is 475 g/mol. The molecule has 0 saturated carbocycles. The Hall–Kier alpha value is -3.18. The van der Waals surface area contributed by atoms with Gasteiger partial charge in [0.25, 0.3) is 5.69 Å². The van der Waals surface area contributed by atoms with Gasteiger partial charge in [-0.2, -0.15) is 4.99 Å². The number of hydrogen-bond acceptors (Lipinski definition) is 8. The van der Waals surface area contributed by atoms with E-state index in [4.69, 9.17) is 9.47 Å². The number of amides is 1. The van der Waals surface area contributed by atoms with Crippen molar-refractivity contribution in [3.63, 3.8) is 0 Å². The number of hydrogen-bond donors (Lipinski definition) is 0. The number of rotatable bonds is 9. The Morgan fingerprint density at radius 2 is 1.97 bits per heavy atom. The lowest BCUT2D eigenvalue weighted by Crippen LogP contribution is -2.23. The van der Waals surface area contributed by atoms with Crippen LogP contribution in [0, 0.1) is 10.1 Å². The molecule has 9 nitrogen and oxygen atoms in total. The van der Waals surface area contributed by atoms with Gasteiger partial charge in [0, 0.05) is 29.2 Å². The van der Waals surface area contributed by atoms with Gasteiger partial charge in [0.1, 0.15) is 12.3 Å². The van der Waals surface area contributed by atoms with E-state index in [1.807, 2.05) is 24.3 Å². The summed E-state index contributed by atoms with van der Waals surface area (Å²) < 4.78 is 12.3. The van der Waals surface area contributed by atoms with Gasteiger partial charge in [-0.15, -0.1) is 11.8 Å². The molecule has 1 aromatic heterocycles. The summed E-state index contributed by atoms with van der Waals surface area (Å²) in [4.78, 5) is 40.6. The molecule has 0 bridgehead atoms. The van der Waals surface area contributed by atoms with Gasteiger partial charge in [-0.25, -0.2) is 0 Å². The lowest BCUT2D eigenvalue weighted by molar-refractivity contribution is -0.384.